The number of H-pyrrole nitrogens is 1. The van der Waals surface area contributed by atoms with Crippen molar-refractivity contribution >= 4 is 17.3 Å². The maximum Gasteiger partial charge on any atom is 0.0464 e. The van der Waals surface area contributed by atoms with Crippen LogP contribution in [0.1, 0.15) is 13.8 Å². The SMILES string of the molecule is C=C/C=c1/[nH]c(-c2ccc(N)cc2)cc1=C(C)C. The lowest BCUT2D eigenvalue weighted by atomic mass is 10.1. The third-order valence-corrected chi connectivity index (χ3v) is 2.89. The average molecular weight is 238 g/mol. The summed E-state index contributed by atoms with van der Waals surface area (Å²) in [6, 6.07) is 10.0. The molecule has 0 saturated heterocycles. The van der Waals surface area contributed by atoms with Gasteiger partial charge in [-0.25, -0.2) is 0 Å². The van der Waals surface area contributed by atoms with Crippen LogP contribution in [-0.2, 0) is 0 Å². The quantitative estimate of drug-likeness (QED) is 0.775. The van der Waals surface area contributed by atoms with Crippen LogP contribution in [0.5, 0.6) is 0 Å². The van der Waals surface area contributed by atoms with Crippen molar-refractivity contribution in [3.8, 4) is 11.3 Å². The lowest BCUT2D eigenvalue weighted by Crippen LogP contribution is -2.23. The van der Waals surface area contributed by atoms with Gasteiger partial charge in [0.2, 0.25) is 0 Å². The van der Waals surface area contributed by atoms with E-state index >= 15 is 0 Å². The van der Waals surface area contributed by atoms with Crippen LogP contribution in [-0.4, -0.2) is 4.98 Å². The molecule has 2 heteroatoms. The maximum absolute atomic E-state index is 5.70. The Bertz CT molecular complexity index is 669. The van der Waals surface area contributed by atoms with E-state index < -0.39 is 0 Å². The minimum Gasteiger partial charge on any atom is -0.399 e. The van der Waals surface area contributed by atoms with E-state index in [0.29, 0.717) is 0 Å². The predicted octanol–water partition coefficient (Wildman–Crippen LogP) is 2.42. The zero-order valence-corrected chi connectivity index (χ0v) is 10.8. The summed E-state index contributed by atoms with van der Waals surface area (Å²) in [7, 11) is 0. The summed E-state index contributed by atoms with van der Waals surface area (Å²) in [4.78, 5) is 3.41. The lowest BCUT2D eigenvalue weighted by molar-refractivity contribution is 1.31. The van der Waals surface area contributed by atoms with E-state index in [2.05, 4.69) is 31.5 Å². The number of anilines is 1. The number of aromatic amines is 1. The van der Waals surface area contributed by atoms with Gasteiger partial charge in [-0.1, -0.05) is 30.4 Å². The fraction of sp³-hybridized carbons (Fsp3) is 0.125. The van der Waals surface area contributed by atoms with Crippen molar-refractivity contribution < 1.29 is 0 Å². The number of benzene rings is 1. The number of nitrogens with two attached hydrogens (primary N) is 1. The molecule has 0 aliphatic heterocycles. The van der Waals surface area contributed by atoms with Crippen molar-refractivity contribution in [3.05, 3.63) is 53.6 Å². The van der Waals surface area contributed by atoms with Crippen LogP contribution in [0.15, 0.2) is 43.0 Å². The molecule has 2 nitrogen and oxygen atoms in total. The van der Waals surface area contributed by atoms with Gasteiger partial charge < -0.3 is 10.7 Å². The Morgan fingerprint density at radius 1 is 1.22 bits per heavy atom. The van der Waals surface area contributed by atoms with Crippen molar-refractivity contribution in [3.63, 3.8) is 0 Å². The third-order valence-electron chi connectivity index (χ3n) is 2.89. The molecule has 0 aliphatic carbocycles. The molecule has 0 unspecified atom stereocenters. The van der Waals surface area contributed by atoms with E-state index in [9.17, 15) is 0 Å². The summed E-state index contributed by atoms with van der Waals surface area (Å²) in [5, 5.41) is 2.32. The van der Waals surface area contributed by atoms with Gasteiger partial charge in [-0.3, -0.25) is 0 Å². The predicted molar refractivity (Wildman–Crippen MR) is 79.3 cm³/mol. The number of hydrogen-bond donors (Lipinski definition) is 2. The van der Waals surface area contributed by atoms with Crippen molar-refractivity contribution in [2.24, 2.45) is 0 Å². The third kappa shape index (κ3) is 2.38. The fourth-order valence-corrected chi connectivity index (χ4v) is 1.95. The Kier molecular flexibility index (Phi) is 3.38. The van der Waals surface area contributed by atoms with Crippen molar-refractivity contribution in [1.82, 2.24) is 4.98 Å². The van der Waals surface area contributed by atoms with Gasteiger partial charge in [-0.2, -0.15) is 0 Å². The Hall–Kier alpha value is -2.22. The Labute approximate surface area is 107 Å². The second kappa shape index (κ2) is 4.96. The first-order valence-corrected chi connectivity index (χ1v) is 5.97. The van der Waals surface area contributed by atoms with E-state index in [1.807, 2.05) is 30.3 Å². The molecule has 1 aromatic carbocycles. The van der Waals surface area contributed by atoms with Crippen LogP contribution >= 0.6 is 0 Å². The monoisotopic (exact) mass is 238 g/mol. The molecule has 3 N–H and O–H groups in total. The first-order chi connectivity index (χ1) is 8.61. The van der Waals surface area contributed by atoms with Crippen molar-refractivity contribution in [2.45, 2.75) is 13.8 Å². The van der Waals surface area contributed by atoms with Gasteiger partial charge in [0, 0.05) is 16.7 Å². The molecule has 1 aromatic heterocycles. The molecule has 18 heavy (non-hydrogen) atoms. The van der Waals surface area contributed by atoms with Crippen LogP contribution in [0.3, 0.4) is 0 Å². The second-order valence-corrected chi connectivity index (χ2v) is 4.53. The van der Waals surface area contributed by atoms with Gasteiger partial charge in [0.05, 0.1) is 0 Å². The number of hydrogen-bond acceptors (Lipinski definition) is 1. The van der Waals surface area contributed by atoms with Crippen LogP contribution in [0.2, 0.25) is 0 Å². The summed E-state index contributed by atoms with van der Waals surface area (Å²) in [6.45, 7) is 7.96. The van der Waals surface area contributed by atoms with Gasteiger partial charge >= 0.3 is 0 Å². The molecule has 2 aromatic rings. The Balaban J connectivity index is 2.65. The molecule has 92 valence electrons. The molecular formula is C16H18N2. The topological polar surface area (TPSA) is 41.8 Å². The minimum absolute atomic E-state index is 0.779. The molecule has 0 amide bonds. The summed E-state index contributed by atoms with van der Waals surface area (Å²) in [6.07, 6.45) is 3.79. The van der Waals surface area contributed by atoms with Crippen LogP contribution in [0, 0.1) is 0 Å². The highest BCUT2D eigenvalue weighted by Crippen LogP contribution is 2.16. The molecule has 0 aliphatic rings. The summed E-state index contributed by atoms with van der Waals surface area (Å²) >= 11 is 0. The van der Waals surface area contributed by atoms with E-state index in [0.717, 1.165) is 22.3 Å². The molecular weight excluding hydrogens is 220 g/mol. The minimum atomic E-state index is 0.779. The normalized spacial score (nSPS) is 11.6. The highest BCUT2D eigenvalue weighted by molar-refractivity contribution is 5.63. The standard InChI is InChI=1S/C16H18N2/c1-4-5-15-14(11(2)3)10-16(18-15)12-6-8-13(17)9-7-12/h4-10,18H,1,17H2,2-3H3/b15-5+. The van der Waals surface area contributed by atoms with Crippen LogP contribution < -0.4 is 16.3 Å². The fourth-order valence-electron chi connectivity index (χ4n) is 1.95. The van der Waals surface area contributed by atoms with Crippen molar-refractivity contribution in [1.29, 1.82) is 0 Å². The zero-order chi connectivity index (χ0) is 13.1. The van der Waals surface area contributed by atoms with E-state index in [4.69, 9.17) is 5.73 Å². The highest BCUT2D eigenvalue weighted by Gasteiger charge is 2.01. The number of aromatic nitrogens is 1. The summed E-state index contributed by atoms with van der Waals surface area (Å²) in [5.74, 6) is 0. The number of allylic oxidation sites excluding steroid dienone is 1. The van der Waals surface area contributed by atoms with Gasteiger partial charge in [-0.05, 0) is 48.9 Å². The average Bonchev–Trinajstić information content (AvgIpc) is 2.75. The maximum atomic E-state index is 5.70. The molecule has 0 bridgehead atoms. The molecule has 0 saturated carbocycles. The molecule has 0 atom stereocenters. The first-order valence-electron chi connectivity index (χ1n) is 5.97. The van der Waals surface area contributed by atoms with Crippen LogP contribution in [0.4, 0.5) is 5.69 Å². The smallest absolute Gasteiger partial charge is 0.0464 e. The van der Waals surface area contributed by atoms with E-state index in [1.54, 1.807) is 6.08 Å². The molecule has 2 rings (SSSR count). The van der Waals surface area contributed by atoms with Gasteiger partial charge in [-0.15, -0.1) is 0 Å². The van der Waals surface area contributed by atoms with Gasteiger partial charge in [0.25, 0.3) is 0 Å². The highest BCUT2D eigenvalue weighted by atomic mass is 14.7. The lowest BCUT2D eigenvalue weighted by Gasteiger charge is -1.97. The number of nitrogens with one attached hydrogen (secondary N) is 1. The van der Waals surface area contributed by atoms with Crippen LogP contribution in [0.25, 0.3) is 22.9 Å². The largest absolute Gasteiger partial charge is 0.399 e. The van der Waals surface area contributed by atoms with E-state index in [-0.39, 0.29) is 0 Å². The Morgan fingerprint density at radius 3 is 2.44 bits per heavy atom. The van der Waals surface area contributed by atoms with Crippen molar-refractivity contribution in [2.75, 3.05) is 5.73 Å². The Morgan fingerprint density at radius 2 is 1.89 bits per heavy atom. The van der Waals surface area contributed by atoms with E-state index in [1.165, 1.54) is 10.8 Å². The molecule has 0 fully saturated rings. The number of nitrogen functional groups attached to an aromatic ring is 1. The first kappa shape index (κ1) is 12.2. The zero-order valence-electron chi connectivity index (χ0n) is 10.8. The summed E-state index contributed by atoms with van der Waals surface area (Å²) < 4.78 is 0. The van der Waals surface area contributed by atoms with Gasteiger partial charge in [0.1, 0.15) is 0 Å². The summed E-state index contributed by atoms with van der Waals surface area (Å²) in [5.41, 5.74) is 9.99. The number of rotatable bonds is 2. The van der Waals surface area contributed by atoms with Gasteiger partial charge in [0.15, 0.2) is 0 Å². The molecule has 0 radical (unpaired) electrons. The molecule has 0 spiro atoms. The molecule has 1 heterocycles. The second-order valence-electron chi connectivity index (χ2n) is 4.53.